The van der Waals surface area contributed by atoms with Crippen LogP contribution in [0.4, 0.5) is 11.4 Å². The van der Waals surface area contributed by atoms with Crippen molar-refractivity contribution in [2.45, 2.75) is 70.0 Å². The van der Waals surface area contributed by atoms with Gasteiger partial charge >= 0.3 is 0 Å². The Morgan fingerprint density at radius 2 is 1.74 bits per heavy atom. The number of hydrogen-bond donors (Lipinski definition) is 4. The highest BCUT2D eigenvalue weighted by molar-refractivity contribution is 5.97. The fourth-order valence-corrected chi connectivity index (χ4v) is 4.22. The van der Waals surface area contributed by atoms with Gasteiger partial charge in [0.2, 0.25) is 5.91 Å². The van der Waals surface area contributed by atoms with Gasteiger partial charge in [0, 0.05) is 6.07 Å². The molecule has 188 valence electrons. The molecule has 1 aromatic rings. The third kappa shape index (κ3) is 5.01. The summed E-state index contributed by atoms with van der Waals surface area (Å²) in [5, 5.41) is 24.6. The summed E-state index contributed by atoms with van der Waals surface area (Å²) in [5.74, 6) is -2.81. The van der Waals surface area contributed by atoms with Crippen molar-refractivity contribution < 1.29 is 48.4 Å². The van der Waals surface area contributed by atoms with Crippen LogP contribution in [0.1, 0.15) is 27.7 Å². The zero-order valence-corrected chi connectivity index (χ0v) is 19.4. The second-order valence-electron chi connectivity index (χ2n) is 9.07. The normalized spacial score (nSPS) is 31.8. The largest absolute Gasteiger partial charge is 0.595 e. The molecule has 3 aliphatic heterocycles. The molecule has 4 rings (SSSR count). The number of nitrogens with one attached hydrogen (secondary N) is 3. The minimum atomic E-state index is -1.24. The van der Waals surface area contributed by atoms with E-state index in [1.54, 1.807) is 27.7 Å². The summed E-state index contributed by atoms with van der Waals surface area (Å²) < 4.78 is 34.4. The summed E-state index contributed by atoms with van der Waals surface area (Å²) in [6.45, 7) is 6.47. The van der Waals surface area contributed by atoms with Crippen molar-refractivity contribution in [2.24, 2.45) is 0 Å². The number of carbonyl (C=O) groups is 2. The first-order chi connectivity index (χ1) is 15.9. The number of hydrogen-bond acceptors (Lipinski definition) is 10. The smallest absolute Gasteiger partial charge is 0.252 e. The lowest BCUT2D eigenvalue weighted by Crippen LogP contribution is -2.99. The maximum atomic E-state index is 13.0. The van der Waals surface area contributed by atoms with E-state index in [0.717, 1.165) is 0 Å². The van der Waals surface area contributed by atoms with Crippen LogP contribution in [0.2, 0.25) is 0 Å². The SMILES string of the molecule is COc1ccc(NC(=O)CNC(=O)[C@@H]2O[C@H]3OC(C)(C)O[C@@H]3[C@@H]3OC(C)(C)O[C@H]32)c([NH+]([O-])O)c1. The van der Waals surface area contributed by atoms with E-state index in [4.69, 9.17) is 28.4 Å². The first-order valence-corrected chi connectivity index (χ1v) is 10.7. The second kappa shape index (κ2) is 9.02. The summed E-state index contributed by atoms with van der Waals surface area (Å²) in [6, 6.07) is 4.20. The molecule has 6 atom stereocenters. The van der Waals surface area contributed by atoms with Gasteiger partial charge in [-0.3, -0.25) is 9.59 Å². The molecule has 0 aliphatic carbocycles. The minimum absolute atomic E-state index is 0.0670. The van der Waals surface area contributed by atoms with Crippen LogP contribution < -0.4 is 20.6 Å². The Hall–Kier alpha value is -2.36. The predicted molar refractivity (Wildman–Crippen MR) is 113 cm³/mol. The van der Waals surface area contributed by atoms with Gasteiger partial charge in [-0.1, -0.05) is 0 Å². The highest BCUT2D eigenvalue weighted by Crippen LogP contribution is 2.44. The Balaban J connectivity index is 1.41. The summed E-state index contributed by atoms with van der Waals surface area (Å²) in [6.07, 6.45) is -3.95. The van der Waals surface area contributed by atoms with Gasteiger partial charge in [-0.15, -0.1) is 0 Å². The maximum absolute atomic E-state index is 13.0. The number of carbonyl (C=O) groups excluding carboxylic acids is 2. The molecule has 0 radical (unpaired) electrons. The van der Waals surface area contributed by atoms with Crippen molar-refractivity contribution >= 4 is 23.2 Å². The molecule has 3 heterocycles. The van der Waals surface area contributed by atoms with Gasteiger partial charge in [0.05, 0.1) is 13.7 Å². The van der Waals surface area contributed by atoms with Gasteiger partial charge in [-0.25, -0.2) is 5.21 Å². The Morgan fingerprint density at radius 3 is 2.41 bits per heavy atom. The van der Waals surface area contributed by atoms with Crippen LogP contribution in [-0.2, 0) is 33.3 Å². The van der Waals surface area contributed by atoms with Crippen molar-refractivity contribution in [1.29, 1.82) is 0 Å². The highest BCUT2D eigenvalue weighted by Gasteiger charge is 2.62. The molecule has 1 aromatic carbocycles. The molecule has 34 heavy (non-hydrogen) atoms. The predicted octanol–water partition coefficient (Wildman–Crippen LogP) is -0.450. The Bertz CT molecular complexity index is 953. The number of rotatable bonds is 6. The summed E-state index contributed by atoms with van der Waals surface area (Å²) in [4.78, 5) is 25.4. The molecule has 13 heteroatoms. The van der Waals surface area contributed by atoms with E-state index in [1.165, 1.54) is 25.3 Å². The monoisotopic (exact) mass is 483 g/mol. The quantitative estimate of drug-likeness (QED) is 0.390. The first kappa shape index (κ1) is 24.8. The van der Waals surface area contributed by atoms with E-state index in [9.17, 15) is 20.0 Å². The van der Waals surface area contributed by atoms with Gasteiger partial charge in [-0.05, 0) is 39.8 Å². The van der Waals surface area contributed by atoms with Gasteiger partial charge < -0.3 is 44.3 Å². The number of fused-ring (bicyclic) bond motifs is 3. The molecule has 3 aliphatic rings. The molecular weight excluding hydrogens is 454 g/mol. The maximum Gasteiger partial charge on any atom is 0.252 e. The summed E-state index contributed by atoms with van der Waals surface area (Å²) in [7, 11) is 1.40. The van der Waals surface area contributed by atoms with Crippen LogP contribution in [0.3, 0.4) is 0 Å². The molecule has 1 unspecified atom stereocenters. The fourth-order valence-electron chi connectivity index (χ4n) is 4.22. The third-order valence-electron chi connectivity index (χ3n) is 5.57. The lowest BCUT2D eigenvalue weighted by atomic mass is 9.98. The second-order valence-corrected chi connectivity index (χ2v) is 9.07. The minimum Gasteiger partial charge on any atom is -0.595 e. The van der Waals surface area contributed by atoms with E-state index in [0.29, 0.717) is 5.75 Å². The van der Waals surface area contributed by atoms with Crippen LogP contribution >= 0.6 is 0 Å². The number of anilines is 1. The van der Waals surface area contributed by atoms with E-state index < -0.39 is 65.9 Å². The average Bonchev–Trinajstić information content (AvgIpc) is 3.25. The molecule has 13 nitrogen and oxygen atoms in total. The van der Waals surface area contributed by atoms with Crippen molar-refractivity contribution in [3.8, 4) is 5.75 Å². The van der Waals surface area contributed by atoms with Crippen molar-refractivity contribution in [2.75, 3.05) is 19.0 Å². The van der Waals surface area contributed by atoms with Crippen LogP contribution in [0.25, 0.3) is 0 Å². The number of benzene rings is 1. The summed E-state index contributed by atoms with van der Waals surface area (Å²) in [5.41, 5.74) is -0.0827. The Kier molecular flexibility index (Phi) is 6.56. The Labute approximate surface area is 195 Å². The molecule has 2 amide bonds. The van der Waals surface area contributed by atoms with E-state index in [2.05, 4.69) is 10.6 Å². The van der Waals surface area contributed by atoms with Crippen molar-refractivity contribution in [3.63, 3.8) is 0 Å². The van der Waals surface area contributed by atoms with Crippen molar-refractivity contribution in [3.05, 3.63) is 23.4 Å². The zero-order valence-electron chi connectivity index (χ0n) is 19.4. The van der Waals surface area contributed by atoms with Gasteiger partial charge in [-0.2, -0.15) is 5.23 Å². The summed E-state index contributed by atoms with van der Waals surface area (Å²) >= 11 is 0. The van der Waals surface area contributed by atoms with Crippen LogP contribution in [0.15, 0.2) is 18.2 Å². The molecule has 3 saturated heterocycles. The highest BCUT2D eigenvalue weighted by atomic mass is 16.9. The van der Waals surface area contributed by atoms with E-state index in [-0.39, 0.29) is 11.4 Å². The van der Waals surface area contributed by atoms with Crippen molar-refractivity contribution in [1.82, 2.24) is 5.32 Å². The van der Waals surface area contributed by atoms with Crippen LogP contribution in [0.5, 0.6) is 5.75 Å². The van der Waals surface area contributed by atoms with Gasteiger partial charge in [0.1, 0.15) is 29.7 Å². The van der Waals surface area contributed by atoms with Gasteiger partial charge in [0.15, 0.2) is 29.7 Å². The topological polar surface area (TPSA) is 161 Å². The number of amides is 2. The number of quaternary nitrogens is 1. The third-order valence-corrected chi connectivity index (χ3v) is 5.57. The molecule has 0 saturated carbocycles. The van der Waals surface area contributed by atoms with Crippen LogP contribution in [0, 0.1) is 5.21 Å². The molecular formula is C21H29N3O10. The van der Waals surface area contributed by atoms with Crippen LogP contribution in [-0.4, -0.2) is 73.0 Å². The average molecular weight is 483 g/mol. The lowest BCUT2D eigenvalue weighted by molar-refractivity contribution is -0.990. The first-order valence-electron chi connectivity index (χ1n) is 10.7. The standard InChI is InChI=1S/C21H29N3O10/c1-20(2)31-14-15(32-20)17-19(34-21(3,4)33-17)30-16(14)18(26)22-9-13(25)23-11-7-6-10(29-5)8-12(11)24(27)28/h6-8,14-17,19,24,27H,9H2,1-5H3,(H,22,26)(H,23,25)/t14-,15-,16-,17-,19+/m1/s1. The van der Waals surface area contributed by atoms with Gasteiger partial charge in [0.25, 0.3) is 5.91 Å². The molecule has 0 bridgehead atoms. The lowest BCUT2D eigenvalue weighted by Gasteiger charge is -2.36. The van der Waals surface area contributed by atoms with E-state index >= 15 is 0 Å². The zero-order chi connectivity index (χ0) is 24.8. The molecule has 4 N–H and O–H groups in total. The molecule has 3 fully saturated rings. The molecule has 0 aromatic heterocycles. The van der Waals surface area contributed by atoms with E-state index in [1.807, 2.05) is 0 Å². The number of methoxy groups -OCH3 is 1. The fraction of sp³-hybridized carbons (Fsp3) is 0.619. The number of ether oxygens (including phenoxy) is 6. The Morgan fingerprint density at radius 1 is 1.09 bits per heavy atom. The molecule has 0 spiro atoms.